The third-order valence-electron chi connectivity index (χ3n) is 3.13. The van der Waals surface area contributed by atoms with Gasteiger partial charge in [0.05, 0.1) is 6.04 Å². The van der Waals surface area contributed by atoms with E-state index < -0.39 is 23.5 Å². The molecule has 0 aromatic heterocycles. The van der Waals surface area contributed by atoms with Crippen molar-refractivity contribution < 1.29 is 13.2 Å². The van der Waals surface area contributed by atoms with Crippen LogP contribution in [0.4, 0.5) is 13.2 Å². The van der Waals surface area contributed by atoms with Gasteiger partial charge in [-0.3, -0.25) is 0 Å². The third kappa shape index (κ3) is 3.86. The van der Waals surface area contributed by atoms with Crippen molar-refractivity contribution in [1.29, 1.82) is 0 Å². The highest BCUT2D eigenvalue weighted by Crippen LogP contribution is 2.28. The SMILES string of the molecule is CCCNC(c1cccc(Br)c1)c1cc(F)c(F)cc1F. The van der Waals surface area contributed by atoms with Gasteiger partial charge < -0.3 is 5.32 Å². The Morgan fingerprint density at radius 2 is 1.76 bits per heavy atom. The Bertz CT molecular complexity index is 631. The van der Waals surface area contributed by atoms with E-state index in [1.165, 1.54) is 0 Å². The molecule has 0 spiro atoms. The van der Waals surface area contributed by atoms with E-state index in [4.69, 9.17) is 0 Å². The lowest BCUT2D eigenvalue weighted by atomic mass is 9.97. The van der Waals surface area contributed by atoms with Crippen LogP contribution in [0.5, 0.6) is 0 Å². The number of halogens is 4. The van der Waals surface area contributed by atoms with Gasteiger partial charge in [-0.25, -0.2) is 13.2 Å². The maximum absolute atomic E-state index is 14.0. The predicted octanol–water partition coefficient (Wildman–Crippen LogP) is 4.96. The summed E-state index contributed by atoms with van der Waals surface area (Å²) >= 11 is 3.36. The van der Waals surface area contributed by atoms with Crippen LogP contribution in [0.15, 0.2) is 40.9 Å². The van der Waals surface area contributed by atoms with Crippen molar-refractivity contribution in [3.05, 3.63) is 69.4 Å². The molecule has 0 saturated heterocycles. The molecule has 0 radical (unpaired) electrons. The van der Waals surface area contributed by atoms with Crippen LogP contribution >= 0.6 is 15.9 Å². The molecular formula is C16H15BrF3N. The lowest BCUT2D eigenvalue weighted by Gasteiger charge is -2.20. The second-order valence-corrected chi connectivity index (χ2v) is 5.65. The number of rotatable bonds is 5. The van der Waals surface area contributed by atoms with Gasteiger partial charge in [0.25, 0.3) is 0 Å². The highest BCUT2D eigenvalue weighted by molar-refractivity contribution is 9.10. The molecule has 1 N–H and O–H groups in total. The van der Waals surface area contributed by atoms with Crippen molar-refractivity contribution in [2.24, 2.45) is 0 Å². The van der Waals surface area contributed by atoms with E-state index in [2.05, 4.69) is 21.2 Å². The second-order valence-electron chi connectivity index (χ2n) is 4.73. The van der Waals surface area contributed by atoms with Crippen molar-refractivity contribution in [3.8, 4) is 0 Å². The Morgan fingerprint density at radius 3 is 2.43 bits per heavy atom. The van der Waals surface area contributed by atoms with Crippen LogP contribution in [-0.4, -0.2) is 6.54 Å². The summed E-state index contributed by atoms with van der Waals surface area (Å²) in [6, 6.07) is 8.28. The van der Waals surface area contributed by atoms with Crippen LogP contribution in [0.2, 0.25) is 0 Å². The molecule has 5 heteroatoms. The first-order valence-corrected chi connectivity index (χ1v) is 7.45. The fourth-order valence-corrected chi connectivity index (χ4v) is 2.56. The molecule has 0 heterocycles. The van der Waals surface area contributed by atoms with Gasteiger partial charge in [-0.15, -0.1) is 0 Å². The minimum absolute atomic E-state index is 0.0976. The van der Waals surface area contributed by atoms with Crippen molar-refractivity contribution in [2.75, 3.05) is 6.54 Å². The van der Waals surface area contributed by atoms with Crippen LogP contribution in [0, 0.1) is 17.5 Å². The van der Waals surface area contributed by atoms with Crippen molar-refractivity contribution >= 4 is 15.9 Å². The lowest BCUT2D eigenvalue weighted by Crippen LogP contribution is -2.24. The Hall–Kier alpha value is -1.33. The van der Waals surface area contributed by atoms with E-state index in [0.29, 0.717) is 12.6 Å². The minimum atomic E-state index is -1.18. The normalized spacial score (nSPS) is 12.4. The van der Waals surface area contributed by atoms with Crippen LogP contribution in [-0.2, 0) is 0 Å². The maximum atomic E-state index is 14.0. The topological polar surface area (TPSA) is 12.0 Å². The van der Waals surface area contributed by atoms with Gasteiger partial charge in [-0.05, 0) is 36.7 Å². The van der Waals surface area contributed by atoms with E-state index in [9.17, 15) is 13.2 Å². The van der Waals surface area contributed by atoms with Crippen LogP contribution < -0.4 is 5.32 Å². The molecule has 21 heavy (non-hydrogen) atoms. The Labute approximate surface area is 130 Å². The first-order valence-electron chi connectivity index (χ1n) is 6.66. The van der Waals surface area contributed by atoms with Crippen LogP contribution in [0.3, 0.4) is 0 Å². The highest BCUT2D eigenvalue weighted by Gasteiger charge is 2.20. The third-order valence-corrected chi connectivity index (χ3v) is 3.62. The van der Waals surface area contributed by atoms with Crippen molar-refractivity contribution in [2.45, 2.75) is 19.4 Å². The number of nitrogens with one attached hydrogen (secondary N) is 1. The van der Waals surface area contributed by atoms with E-state index in [0.717, 1.165) is 22.5 Å². The van der Waals surface area contributed by atoms with Gasteiger partial charge in [0.1, 0.15) is 5.82 Å². The zero-order valence-electron chi connectivity index (χ0n) is 11.5. The first kappa shape index (κ1) is 16.0. The Kier molecular flexibility index (Phi) is 5.42. The quantitative estimate of drug-likeness (QED) is 0.746. The molecule has 0 amide bonds. The lowest BCUT2D eigenvalue weighted by molar-refractivity contribution is 0.479. The summed E-state index contributed by atoms with van der Waals surface area (Å²) in [6.07, 6.45) is 0.843. The van der Waals surface area contributed by atoms with E-state index in [1.54, 1.807) is 0 Å². The largest absolute Gasteiger partial charge is 0.306 e. The summed E-state index contributed by atoms with van der Waals surface area (Å²) < 4.78 is 41.4. The fraction of sp³-hybridized carbons (Fsp3) is 0.250. The summed E-state index contributed by atoms with van der Waals surface area (Å²) in [7, 11) is 0. The molecule has 1 atom stereocenters. The summed E-state index contributed by atoms with van der Waals surface area (Å²) in [5, 5.41) is 3.17. The zero-order valence-corrected chi connectivity index (χ0v) is 13.1. The molecule has 112 valence electrons. The van der Waals surface area contributed by atoms with Gasteiger partial charge in [-0.2, -0.15) is 0 Å². The van der Waals surface area contributed by atoms with E-state index in [-0.39, 0.29) is 5.56 Å². The van der Waals surface area contributed by atoms with Gasteiger partial charge in [0.15, 0.2) is 11.6 Å². The molecule has 0 aliphatic rings. The fourth-order valence-electron chi connectivity index (χ4n) is 2.14. The van der Waals surface area contributed by atoms with E-state index in [1.807, 2.05) is 31.2 Å². The zero-order chi connectivity index (χ0) is 15.4. The first-order chi connectivity index (χ1) is 10.0. The molecule has 1 unspecified atom stereocenters. The standard InChI is InChI=1S/C16H15BrF3N/c1-2-6-21-16(10-4-3-5-11(17)7-10)12-8-14(19)15(20)9-13(12)18/h3-5,7-9,16,21H,2,6H2,1H3. The average Bonchev–Trinajstić information content (AvgIpc) is 2.44. The Balaban J connectivity index is 2.47. The minimum Gasteiger partial charge on any atom is -0.306 e. The summed E-state index contributed by atoms with van der Waals surface area (Å²) in [4.78, 5) is 0. The Morgan fingerprint density at radius 1 is 1.05 bits per heavy atom. The second kappa shape index (κ2) is 7.09. The summed E-state index contributed by atoms with van der Waals surface area (Å²) in [5.41, 5.74) is 0.878. The van der Waals surface area contributed by atoms with Gasteiger partial charge in [-0.1, -0.05) is 35.0 Å². The van der Waals surface area contributed by atoms with Crippen molar-refractivity contribution in [3.63, 3.8) is 0 Å². The highest BCUT2D eigenvalue weighted by atomic mass is 79.9. The number of benzene rings is 2. The molecule has 0 saturated carbocycles. The predicted molar refractivity (Wildman–Crippen MR) is 80.6 cm³/mol. The molecule has 0 fully saturated rings. The van der Waals surface area contributed by atoms with Gasteiger partial charge in [0.2, 0.25) is 0 Å². The number of hydrogen-bond acceptors (Lipinski definition) is 1. The van der Waals surface area contributed by atoms with Crippen LogP contribution in [0.25, 0.3) is 0 Å². The average molecular weight is 358 g/mol. The molecular weight excluding hydrogens is 343 g/mol. The summed E-state index contributed by atoms with van der Waals surface area (Å²) in [5.74, 6) is -2.99. The molecule has 0 bridgehead atoms. The van der Waals surface area contributed by atoms with Crippen molar-refractivity contribution in [1.82, 2.24) is 5.32 Å². The molecule has 2 rings (SSSR count). The molecule has 2 aromatic rings. The van der Waals surface area contributed by atoms with Gasteiger partial charge in [0, 0.05) is 16.1 Å². The van der Waals surface area contributed by atoms with Gasteiger partial charge >= 0.3 is 0 Å². The molecule has 0 aliphatic carbocycles. The maximum Gasteiger partial charge on any atom is 0.161 e. The molecule has 0 aliphatic heterocycles. The number of hydrogen-bond donors (Lipinski definition) is 1. The van der Waals surface area contributed by atoms with Crippen LogP contribution in [0.1, 0.15) is 30.5 Å². The monoisotopic (exact) mass is 357 g/mol. The summed E-state index contributed by atoms with van der Waals surface area (Å²) in [6.45, 7) is 2.61. The van der Waals surface area contributed by atoms with E-state index >= 15 is 0 Å². The molecule has 1 nitrogen and oxygen atoms in total. The smallest absolute Gasteiger partial charge is 0.161 e. The molecule has 2 aromatic carbocycles.